The first-order valence-electron chi connectivity index (χ1n) is 6.46. The number of nitrogens with zero attached hydrogens (tertiary/aromatic N) is 2. The van der Waals surface area contributed by atoms with Gasteiger partial charge in [-0.25, -0.2) is 4.98 Å². The van der Waals surface area contributed by atoms with Crippen molar-refractivity contribution < 1.29 is 9.90 Å². The third kappa shape index (κ3) is 3.05. The van der Waals surface area contributed by atoms with Gasteiger partial charge in [-0.05, 0) is 13.3 Å². The van der Waals surface area contributed by atoms with Gasteiger partial charge in [-0.15, -0.1) is 11.3 Å². The van der Waals surface area contributed by atoms with E-state index in [0.29, 0.717) is 17.1 Å². The Kier molecular flexibility index (Phi) is 4.51. The standard InChI is InChI=1S/C13H17N3O3S/c1-3-4-10(12(18)19)14-6-9-5-11(17)16-8(2)7-20-13(16)15-9/h5,7,10,14H,3-4,6H2,1-2H3,(H,18,19). The number of nitrogens with one attached hydrogen (secondary N) is 1. The highest BCUT2D eigenvalue weighted by Crippen LogP contribution is 2.11. The number of hydrogen-bond donors (Lipinski definition) is 2. The highest BCUT2D eigenvalue weighted by Gasteiger charge is 2.16. The van der Waals surface area contributed by atoms with Gasteiger partial charge in [0, 0.05) is 23.7 Å². The first-order valence-corrected chi connectivity index (χ1v) is 7.34. The SMILES string of the molecule is CCCC(NCc1cc(=O)n2c(C)csc2n1)C(=O)O. The van der Waals surface area contributed by atoms with Crippen LogP contribution in [-0.4, -0.2) is 26.5 Å². The Morgan fingerprint density at radius 1 is 1.60 bits per heavy atom. The van der Waals surface area contributed by atoms with Crippen LogP contribution in [0.4, 0.5) is 0 Å². The number of carboxylic acids is 1. The van der Waals surface area contributed by atoms with E-state index in [9.17, 15) is 9.59 Å². The zero-order chi connectivity index (χ0) is 14.7. The molecule has 0 aliphatic carbocycles. The van der Waals surface area contributed by atoms with Crippen LogP contribution >= 0.6 is 11.3 Å². The lowest BCUT2D eigenvalue weighted by atomic mass is 10.1. The van der Waals surface area contributed by atoms with Crippen LogP contribution in [0.15, 0.2) is 16.2 Å². The number of carboxylic acid groups (broad SMARTS) is 1. The maximum Gasteiger partial charge on any atom is 0.320 e. The van der Waals surface area contributed by atoms with E-state index in [-0.39, 0.29) is 12.1 Å². The molecule has 0 saturated heterocycles. The Balaban J connectivity index is 2.18. The van der Waals surface area contributed by atoms with Crippen LogP contribution in [-0.2, 0) is 11.3 Å². The van der Waals surface area contributed by atoms with Crippen LogP contribution < -0.4 is 10.9 Å². The lowest BCUT2D eigenvalue weighted by Crippen LogP contribution is -2.36. The molecule has 7 heteroatoms. The summed E-state index contributed by atoms with van der Waals surface area (Å²) < 4.78 is 1.55. The Morgan fingerprint density at radius 3 is 3.00 bits per heavy atom. The summed E-state index contributed by atoms with van der Waals surface area (Å²) in [5.41, 5.74) is 1.29. The lowest BCUT2D eigenvalue weighted by molar-refractivity contribution is -0.139. The Bertz CT molecular complexity index is 677. The minimum Gasteiger partial charge on any atom is -0.480 e. The van der Waals surface area contributed by atoms with Crippen LogP contribution in [0.1, 0.15) is 31.2 Å². The van der Waals surface area contributed by atoms with E-state index in [1.807, 2.05) is 19.2 Å². The summed E-state index contributed by atoms with van der Waals surface area (Å²) in [6.07, 6.45) is 1.33. The van der Waals surface area contributed by atoms with Crippen molar-refractivity contribution in [1.82, 2.24) is 14.7 Å². The molecule has 2 aromatic heterocycles. The summed E-state index contributed by atoms with van der Waals surface area (Å²) in [5.74, 6) is -0.878. The van der Waals surface area contributed by atoms with Gasteiger partial charge in [-0.1, -0.05) is 13.3 Å². The number of carbonyl (C=O) groups is 1. The van der Waals surface area contributed by atoms with E-state index < -0.39 is 12.0 Å². The van der Waals surface area contributed by atoms with Crippen molar-refractivity contribution in [1.29, 1.82) is 0 Å². The Hall–Kier alpha value is -1.73. The van der Waals surface area contributed by atoms with E-state index >= 15 is 0 Å². The summed E-state index contributed by atoms with van der Waals surface area (Å²) in [6, 6.07) is 0.843. The van der Waals surface area contributed by atoms with Gasteiger partial charge in [0.05, 0.1) is 5.69 Å². The Labute approximate surface area is 120 Å². The fraction of sp³-hybridized carbons (Fsp3) is 0.462. The van der Waals surface area contributed by atoms with E-state index in [1.54, 1.807) is 4.40 Å². The van der Waals surface area contributed by atoms with Gasteiger partial charge in [-0.2, -0.15) is 0 Å². The van der Waals surface area contributed by atoms with Crippen molar-refractivity contribution in [3.8, 4) is 0 Å². The molecule has 0 aliphatic heterocycles. The summed E-state index contributed by atoms with van der Waals surface area (Å²) in [4.78, 5) is 28.0. The summed E-state index contributed by atoms with van der Waals surface area (Å²) in [7, 11) is 0. The molecular formula is C13H17N3O3S. The second-order valence-electron chi connectivity index (χ2n) is 4.64. The molecule has 108 valence electrons. The molecule has 1 unspecified atom stereocenters. The summed E-state index contributed by atoms with van der Waals surface area (Å²) in [6.45, 7) is 4.06. The molecule has 2 heterocycles. The van der Waals surface area contributed by atoms with Crippen molar-refractivity contribution in [3.63, 3.8) is 0 Å². The van der Waals surface area contributed by atoms with Gasteiger partial charge in [0.2, 0.25) is 0 Å². The van der Waals surface area contributed by atoms with Crippen LogP contribution in [0.2, 0.25) is 0 Å². The molecule has 0 amide bonds. The van der Waals surface area contributed by atoms with Gasteiger partial charge in [0.1, 0.15) is 6.04 Å². The Morgan fingerprint density at radius 2 is 2.35 bits per heavy atom. The topological polar surface area (TPSA) is 83.7 Å². The first kappa shape index (κ1) is 14.7. The second-order valence-corrected chi connectivity index (χ2v) is 5.48. The van der Waals surface area contributed by atoms with Gasteiger partial charge in [0.15, 0.2) is 4.96 Å². The first-order chi connectivity index (χ1) is 9.52. The average molecular weight is 295 g/mol. The number of aryl methyl sites for hydroxylation is 1. The molecule has 1 atom stereocenters. The minimum atomic E-state index is -0.878. The molecule has 0 spiro atoms. The largest absolute Gasteiger partial charge is 0.480 e. The van der Waals surface area contributed by atoms with Crippen LogP contribution in [0.5, 0.6) is 0 Å². The van der Waals surface area contributed by atoms with Crippen molar-refractivity contribution >= 4 is 22.3 Å². The van der Waals surface area contributed by atoms with E-state index in [1.165, 1.54) is 17.4 Å². The third-order valence-electron chi connectivity index (χ3n) is 3.03. The smallest absolute Gasteiger partial charge is 0.320 e. The molecule has 0 bridgehead atoms. The maximum absolute atomic E-state index is 12.0. The summed E-state index contributed by atoms with van der Waals surface area (Å²) in [5, 5.41) is 13.9. The zero-order valence-electron chi connectivity index (χ0n) is 11.4. The monoisotopic (exact) mass is 295 g/mol. The molecule has 2 aromatic rings. The van der Waals surface area contributed by atoms with Crippen molar-refractivity contribution in [3.05, 3.63) is 33.2 Å². The highest BCUT2D eigenvalue weighted by molar-refractivity contribution is 7.15. The fourth-order valence-corrected chi connectivity index (χ4v) is 2.91. The van der Waals surface area contributed by atoms with Crippen molar-refractivity contribution in [2.45, 2.75) is 39.3 Å². The molecule has 0 radical (unpaired) electrons. The predicted octanol–water partition coefficient (Wildman–Crippen LogP) is 1.41. The summed E-state index contributed by atoms with van der Waals surface area (Å²) >= 11 is 1.40. The van der Waals surface area contributed by atoms with Crippen molar-refractivity contribution in [2.75, 3.05) is 0 Å². The van der Waals surface area contributed by atoms with Gasteiger partial charge in [0.25, 0.3) is 5.56 Å². The maximum atomic E-state index is 12.0. The molecule has 0 aromatic carbocycles. The molecule has 0 fully saturated rings. The molecule has 2 N–H and O–H groups in total. The molecular weight excluding hydrogens is 278 g/mol. The number of hydrogen-bond acceptors (Lipinski definition) is 5. The number of aromatic nitrogens is 2. The normalized spacial score (nSPS) is 12.7. The quantitative estimate of drug-likeness (QED) is 0.842. The van der Waals surface area contributed by atoms with Crippen LogP contribution in [0.3, 0.4) is 0 Å². The minimum absolute atomic E-state index is 0.132. The number of rotatable bonds is 6. The number of fused-ring (bicyclic) bond motifs is 1. The van der Waals surface area contributed by atoms with Crippen LogP contribution in [0.25, 0.3) is 4.96 Å². The third-order valence-corrected chi connectivity index (χ3v) is 3.98. The van der Waals surface area contributed by atoms with Gasteiger partial charge >= 0.3 is 5.97 Å². The molecule has 2 rings (SSSR count). The average Bonchev–Trinajstić information content (AvgIpc) is 2.76. The molecule has 0 saturated carbocycles. The predicted molar refractivity (Wildman–Crippen MR) is 77.2 cm³/mol. The second kappa shape index (κ2) is 6.15. The number of aliphatic carboxylic acids is 1. The van der Waals surface area contributed by atoms with E-state index in [2.05, 4.69) is 10.3 Å². The number of thiazole rings is 1. The molecule has 0 aliphatic rings. The highest BCUT2D eigenvalue weighted by atomic mass is 32.1. The van der Waals surface area contributed by atoms with E-state index in [0.717, 1.165) is 12.1 Å². The fourth-order valence-electron chi connectivity index (χ4n) is 2.02. The molecule has 20 heavy (non-hydrogen) atoms. The zero-order valence-corrected chi connectivity index (χ0v) is 12.2. The van der Waals surface area contributed by atoms with Gasteiger partial charge < -0.3 is 5.11 Å². The van der Waals surface area contributed by atoms with Crippen molar-refractivity contribution in [2.24, 2.45) is 0 Å². The van der Waals surface area contributed by atoms with Crippen LogP contribution in [0, 0.1) is 6.92 Å². The molecule has 6 nitrogen and oxygen atoms in total. The lowest BCUT2D eigenvalue weighted by Gasteiger charge is -2.12. The van der Waals surface area contributed by atoms with E-state index in [4.69, 9.17) is 5.11 Å². The van der Waals surface area contributed by atoms with Gasteiger partial charge in [-0.3, -0.25) is 19.3 Å².